The summed E-state index contributed by atoms with van der Waals surface area (Å²) >= 11 is 0. The summed E-state index contributed by atoms with van der Waals surface area (Å²) in [7, 11) is 3.18. The quantitative estimate of drug-likeness (QED) is 0.896. The molecule has 2 aromatic rings. The Morgan fingerprint density at radius 3 is 2.04 bits per heavy atom. The first kappa shape index (κ1) is 16.0. The number of aliphatic hydroxyl groups is 1. The van der Waals surface area contributed by atoms with Gasteiger partial charge in [0.2, 0.25) is 0 Å². The third-order valence-electron chi connectivity index (χ3n) is 4.03. The van der Waals surface area contributed by atoms with E-state index in [4.69, 9.17) is 9.47 Å². The minimum Gasteiger partial charge on any atom is -0.497 e. The number of hydrogen-bond donors (Lipinski definition) is 2. The van der Waals surface area contributed by atoms with Gasteiger partial charge in [-0.05, 0) is 47.5 Å². The first-order valence-electron chi connectivity index (χ1n) is 7.48. The molecule has 2 aromatic carbocycles. The summed E-state index contributed by atoms with van der Waals surface area (Å²) in [6.07, 6.45) is -1.21. The molecule has 124 valence electrons. The molecule has 3 rings (SSSR count). The molecule has 2 N–H and O–H groups in total. The van der Waals surface area contributed by atoms with E-state index >= 15 is 0 Å². The molecule has 0 aliphatic carbocycles. The lowest BCUT2D eigenvalue weighted by Gasteiger charge is -2.28. The number of benzene rings is 2. The number of amides is 1. The van der Waals surface area contributed by atoms with E-state index in [-0.39, 0.29) is 0 Å². The van der Waals surface area contributed by atoms with Gasteiger partial charge in [-0.25, -0.2) is 5.43 Å². The van der Waals surface area contributed by atoms with E-state index in [2.05, 4.69) is 10.5 Å². The Hall–Kier alpha value is -2.86. The Kier molecular flexibility index (Phi) is 4.48. The predicted molar refractivity (Wildman–Crippen MR) is 89.4 cm³/mol. The second kappa shape index (κ2) is 6.72. The average Bonchev–Trinajstić information content (AvgIpc) is 2.64. The van der Waals surface area contributed by atoms with Gasteiger partial charge in [0.25, 0.3) is 5.91 Å². The molecule has 0 radical (unpaired) electrons. The van der Waals surface area contributed by atoms with Crippen LogP contribution in [-0.4, -0.2) is 37.0 Å². The number of hydrazone groups is 1. The van der Waals surface area contributed by atoms with Crippen LogP contribution in [0.25, 0.3) is 0 Å². The van der Waals surface area contributed by atoms with Crippen LogP contribution in [0.4, 0.5) is 0 Å². The van der Waals surface area contributed by atoms with Crippen LogP contribution in [0.2, 0.25) is 0 Å². The van der Waals surface area contributed by atoms with Crippen molar-refractivity contribution in [2.75, 3.05) is 14.2 Å². The second-order valence-electron chi connectivity index (χ2n) is 5.40. The third-order valence-corrected chi connectivity index (χ3v) is 4.03. The number of nitrogens with one attached hydrogen (secondary N) is 1. The van der Waals surface area contributed by atoms with Crippen molar-refractivity contribution in [2.24, 2.45) is 5.10 Å². The molecule has 0 spiro atoms. The molecular formula is C18H18N2O4. The topological polar surface area (TPSA) is 80.2 Å². The van der Waals surface area contributed by atoms with Gasteiger partial charge < -0.3 is 14.6 Å². The Morgan fingerprint density at radius 2 is 1.50 bits per heavy atom. The van der Waals surface area contributed by atoms with E-state index in [0.717, 1.165) is 16.9 Å². The van der Waals surface area contributed by atoms with Crippen molar-refractivity contribution in [3.8, 4) is 11.5 Å². The number of rotatable bonds is 4. The van der Waals surface area contributed by atoms with Crippen LogP contribution < -0.4 is 14.9 Å². The van der Waals surface area contributed by atoms with Crippen molar-refractivity contribution in [2.45, 2.75) is 12.0 Å². The lowest BCUT2D eigenvalue weighted by atomic mass is 9.84. The fourth-order valence-corrected chi connectivity index (χ4v) is 2.71. The molecule has 1 heterocycles. The Morgan fingerprint density at radius 1 is 0.958 bits per heavy atom. The van der Waals surface area contributed by atoms with Gasteiger partial charge in [-0.1, -0.05) is 12.1 Å². The molecule has 6 heteroatoms. The number of ether oxygens (including phenoxy) is 2. The highest BCUT2D eigenvalue weighted by Gasteiger charge is 2.36. The van der Waals surface area contributed by atoms with Crippen molar-refractivity contribution in [3.63, 3.8) is 0 Å². The minimum absolute atomic E-state index is 0.520. The molecule has 0 aromatic heterocycles. The minimum atomic E-state index is -1.21. The van der Waals surface area contributed by atoms with Crippen LogP contribution in [0, 0.1) is 0 Å². The average molecular weight is 326 g/mol. The van der Waals surface area contributed by atoms with Gasteiger partial charge >= 0.3 is 0 Å². The highest BCUT2D eigenvalue weighted by molar-refractivity contribution is 6.10. The van der Waals surface area contributed by atoms with E-state index < -0.39 is 17.9 Å². The Labute approximate surface area is 139 Å². The molecular weight excluding hydrogens is 308 g/mol. The van der Waals surface area contributed by atoms with Crippen molar-refractivity contribution >= 4 is 11.6 Å². The molecule has 1 amide bonds. The largest absolute Gasteiger partial charge is 0.497 e. The molecule has 1 aliphatic heterocycles. The zero-order valence-electron chi connectivity index (χ0n) is 13.4. The first-order chi connectivity index (χ1) is 11.6. The lowest BCUT2D eigenvalue weighted by Crippen LogP contribution is -2.44. The molecule has 2 unspecified atom stereocenters. The number of carbonyl (C=O) groups excluding carboxylic acids is 1. The van der Waals surface area contributed by atoms with Crippen LogP contribution in [0.3, 0.4) is 0 Å². The summed E-state index contributed by atoms with van der Waals surface area (Å²) in [6, 6.07) is 14.5. The highest BCUT2D eigenvalue weighted by atomic mass is 16.5. The summed E-state index contributed by atoms with van der Waals surface area (Å²) in [5.41, 5.74) is 4.55. The summed E-state index contributed by atoms with van der Waals surface area (Å²) < 4.78 is 10.3. The number of aliphatic hydroxyl groups excluding tert-OH is 1. The van der Waals surface area contributed by atoms with E-state index in [1.807, 2.05) is 36.4 Å². The Balaban J connectivity index is 2.01. The number of hydrogen-bond acceptors (Lipinski definition) is 5. The molecule has 24 heavy (non-hydrogen) atoms. The lowest BCUT2D eigenvalue weighted by molar-refractivity contribution is -0.130. The second-order valence-corrected chi connectivity index (χ2v) is 5.40. The van der Waals surface area contributed by atoms with Crippen molar-refractivity contribution in [1.29, 1.82) is 0 Å². The maximum Gasteiger partial charge on any atom is 0.269 e. The zero-order chi connectivity index (χ0) is 17.1. The van der Waals surface area contributed by atoms with Gasteiger partial charge in [0, 0.05) is 0 Å². The van der Waals surface area contributed by atoms with E-state index in [9.17, 15) is 9.90 Å². The predicted octanol–water partition coefficient (Wildman–Crippen LogP) is 1.68. The Bertz CT molecular complexity index is 754. The summed E-state index contributed by atoms with van der Waals surface area (Å²) in [5, 5.41) is 14.6. The maximum absolute atomic E-state index is 11.9. The smallest absolute Gasteiger partial charge is 0.269 e. The molecule has 0 saturated heterocycles. The third kappa shape index (κ3) is 2.96. The SMILES string of the molecule is COc1ccc(C2=NNC(=O)C(O)C2c2ccc(OC)cc2)cc1. The van der Waals surface area contributed by atoms with Gasteiger partial charge in [0.15, 0.2) is 0 Å². The number of nitrogens with zero attached hydrogens (tertiary/aromatic N) is 1. The maximum atomic E-state index is 11.9. The van der Waals surface area contributed by atoms with Gasteiger partial charge in [-0.2, -0.15) is 5.10 Å². The van der Waals surface area contributed by atoms with Crippen molar-refractivity contribution in [1.82, 2.24) is 5.43 Å². The van der Waals surface area contributed by atoms with Crippen molar-refractivity contribution < 1.29 is 19.4 Å². The summed E-state index contributed by atoms with van der Waals surface area (Å²) in [4.78, 5) is 11.9. The van der Waals surface area contributed by atoms with Crippen LogP contribution >= 0.6 is 0 Å². The van der Waals surface area contributed by atoms with E-state index in [1.165, 1.54) is 0 Å². The van der Waals surface area contributed by atoms with Crippen LogP contribution in [0.1, 0.15) is 17.0 Å². The summed E-state index contributed by atoms with van der Waals surface area (Å²) in [6.45, 7) is 0. The fourth-order valence-electron chi connectivity index (χ4n) is 2.71. The number of carbonyl (C=O) groups is 1. The monoisotopic (exact) mass is 326 g/mol. The van der Waals surface area contributed by atoms with Crippen LogP contribution in [0.5, 0.6) is 11.5 Å². The van der Waals surface area contributed by atoms with Crippen LogP contribution in [0.15, 0.2) is 53.6 Å². The fraction of sp³-hybridized carbons (Fsp3) is 0.222. The molecule has 6 nitrogen and oxygen atoms in total. The van der Waals surface area contributed by atoms with Gasteiger partial charge in [-0.15, -0.1) is 0 Å². The highest BCUT2D eigenvalue weighted by Crippen LogP contribution is 2.29. The molecule has 0 bridgehead atoms. The molecule has 0 saturated carbocycles. The van der Waals surface area contributed by atoms with E-state index in [1.54, 1.807) is 26.4 Å². The van der Waals surface area contributed by atoms with Gasteiger partial charge in [0.1, 0.15) is 17.6 Å². The normalized spacial score (nSPS) is 20.1. The zero-order valence-corrected chi connectivity index (χ0v) is 13.4. The molecule has 1 aliphatic rings. The molecule has 2 atom stereocenters. The number of methoxy groups -OCH3 is 2. The molecule has 0 fully saturated rings. The van der Waals surface area contributed by atoms with Gasteiger partial charge in [-0.3, -0.25) is 4.79 Å². The summed E-state index contributed by atoms with van der Waals surface area (Å²) in [5.74, 6) is 0.350. The standard InChI is InChI=1S/C18H18N2O4/c1-23-13-7-3-11(4-8-13)15-16(19-20-18(22)17(15)21)12-5-9-14(24-2)10-6-12/h3-10,15,17,21H,1-2H3,(H,20,22). The van der Waals surface area contributed by atoms with E-state index in [0.29, 0.717) is 11.5 Å². The van der Waals surface area contributed by atoms with Crippen LogP contribution in [-0.2, 0) is 4.79 Å². The first-order valence-corrected chi connectivity index (χ1v) is 7.48. The van der Waals surface area contributed by atoms with Crippen molar-refractivity contribution in [3.05, 3.63) is 59.7 Å². The van der Waals surface area contributed by atoms with Gasteiger partial charge in [0.05, 0.1) is 25.8 Å².